The molecule has 150 valence electrons. The Morgan fingerprint density at radius 3 is 2.56 bits per heavy atom. The van der Waals surface area contributed by atoms with Crippen molar-refractivity contribution in [2.75, 3.05) is 6.61 Å². The molecule has 6 nitrogen and oxygen atoms in total. The number of ether oxygens (including phenoxy) is 3. The van der Waals surface area contributed by atoms with Gasteiger partial charge in [0.15, 0.2) is 0 Å². The van der Waals surface area contributed by atoms with E-state index in [4.69, 9.17) is 14.2 Å². The van der Waals surface area contributed by atoms with Crippen LogP contribution in [0.15, 0.2) is 23.3 Å². The molecule has 6 heteroatoms. The summed E-state index contributed by atoms with van der Waals surface area (Å²) < 4.78 is 16.3. The Balaban J connectivity index is 2.23. The van der Waals surface area contributed by atoms with Crippen LogP contribution in [0.4, 0.5) is 0 Å². The predicted octanol–water partition coefficient (Wildman–Crippen LogP) is 3.35. The van der Waals surface area contributed by atoms with Gasteiger partial charge in [-0.3, -0.25) is 9.59 Å². The van der Waals surface area contributed by atoms with E-state index in [0.29, 0.717) is 25.0 Å². The second-order valence-electron chi connectivity index (χ2n) is 7.83. The second kappa shape index (κ2) is 8.72. The summed E-state index contributed by atoms with van der Waals surface area (Å²) in [7, 11) is 0. The van der Waals surface area contributed by atoms with E-state index in [9.17, 15) is 14.4 Å². The van der Waals surface area contributed by atoms with Crippen molar-refractivity contribution < 1.29 is 28.6 Å². The first kappa shape index (κ1) is 21.2. The van der Waals surface area contributed by atoms with Gasteiger partial charge in [0.2, 0.25) is 0 Å². The lowest BCUT2D eigenvalue weighted by Gasteiger charge is -2.37. The van der Waals surface area contributed by atoms with E-state index in [1.807, 2.05) is 6.92 Å². The van der Waals surface area contributed by atoms with Crippen LogP contribution >= 0.6 is 0 Å². The summed E-state index contributed by atoms with van der Waals surface area (Å²) >= 11 is 0. The smallest absolute Gasteiger partial charge is 0.334 e. The molecule has 0 spiro atoms. The van der Waals surface area contributed by atoms with Crippen LogP contribution in [0, 0.1) is 17.8 Å². The van der Waals surface area contributed by atoms with Crippen molar-refractivity contribution in [3.05, 3.63) is 23.3 Å². The molecule has 2 aliphatic rings. The first-order chi connectivity index (χ1) is 12.6. The van der Waals surface area contributed by atoms with E-state index in [-0.39, 0.29) is 35.8 Å². The number of esters is 3. The highest BCUT2D eigenvalue weighted by atomic mass is 16.6. The minimum atomic E-state index is -0.540. The quantitative estimate of drug-likeness (QED) is 0.222. The summed E-state index contributed by atoms with van der Waals surface area (Å²) in [6, 6.07) is 0. The van der Waals surface area contributed by atoms with Gasteiger partial charge in [0.1, 0.15) is 12.2 Å². The minimum Gasteiger partial charge on any atom is -0.466 e. The van der Waals surface area contributed by atoms with Crippen LogP contribution < -0.4 is 0 Å². The molecule has 0 aromatic rings. The van der Waals surface area contributed by atoms with Crippen LogP contribution in [-0.2, 0) is 28.6 Å². The third-order valence-electron chi connectivity index (χ3n) is 5.29. The van der Waals surface area contributed by atoms with Gasteiger partial charge in [0.25, 0.3) is 0 Å². The molecule has 0 N–H and O–H groups in total. The number of hydrogen-bond acceptors (Lipinski definition) is 6. The van der Waals surface area contributed by atoms with Gasteiger partial charge >= 0.3 is 17.9 Å². The molecule has 1 fully saturated rings. The molecular formula is C21H30O6. The average molecular weight is 378 g/mol. The average Bonchev–Trinajstić information content (AvgIpc) is 2.85. The van der Waals surface area contributed by atoms with Gasteiger partial charge in [0, 0.05) is 18.9 Å². The molecule has 4 atom stereocenters. The highest BCUT2D eigenvalue weighted by Crippen LogP contribution is 2.45. The maximum Gasteiger partial charge on any atom is 0.334 e. The van der Waals surface area contributed by atoms with Crippen LogP contribution in [-0.4, -0.2) is 36.7 Å². The van der Waals surface area contributed by atoms with E-state index in [1.54, 1.807) is 13.8 Å². The molecule has 4 unspecified atom stereocenters. The van der Waals surface area contributed by atoms with Crippen LogP contribution in [0.1, 0.15) is 53.9 Å². The van der Waals surface area contributed by atoms with Crippen molar-refractivity contribution in [3.63, 3.8) is 0 Å². The van der Waals surface area contributed by atoms with Crippen molar-refractivity contribution in [2.24, 2.45) is 17.8 Å². The lowest BCUT2D eigenvalue weighted by atomic mass is 9.73. The molecule has 1 aliphatic carbocycles. The maximum absolute atomic E-state index is 12.3. The molecule has 0 amide bonds. The summed E-state index contributed by atoms with van der Waals surface area (Å²) in [6.07, 6.45) is 1.25. The Labute approximate surface area is 160 Å². The number of hydrogen-bond donors (Lipinski definition) is 0. The van der Waals surface area contributed by atoms with Gasteiger partial charge < -0.3 is 14.2 Å². The molecule has 0 radical (unpaired) electrons. The Hall–Kier alpha value is -2.11. The zero-order valence-corrected chi connectivity index (χ0v) is 16.9. The Morgan fingerprint density at radius 2 is 1.96 bits per heavy atom. The SMILES string of the molecule is C=C1C(=O)OC2CC(C)=C(C(C)CCCOC(C)=O)C(OC(=O)C(C)C)C12. The van der Waals surface area contributed by atoms with E-state index in [1.165, 1.54) is 6.92 Å². The van der Waals surface area contributed by atoms with E-state index in [0.717, 1.165) is 17.6 Å². The number of rotatable bonds is 7. The topological polar surface area (TPSA) is 78.9 Å². The third kappa shape index (κ3) is 4.79. The van der Waals surface area contributed by atoms with Crippen LogP contribution in [0.5, 0.6) is 0 Å². The fourth-order valence-corrected chi connectivity index (χ4v) is 3.91. The van der Waals surface area contributed by atoms with E-state index < -0.39 is 12.1 Å². The highest BCUT2D eigenvalue weighted by Gasteiger charge is 2.50. The second-order valence-corrected chi connectivity index (χ2v) is 7.83. The van der Waals surface area contributed by atoms with Gasteiger partial charge in [-0.05, 0) is 31.3 Å². The molecule has 1 aliphatic heterocycles. The summed E-state index contributed by atoms with van der Waals surface area (Å²) in [5.74, 6) is -1.49. The third-order valence-corrected chi connectivity index (χ3v) is 5.29. The zero-order valence-electron chi connectivity index (χ0n) is 16.9. The van der Waals surface area contributed by atoms with Crippen molar-refractivity contribution in [1.82, 2.24) is 0 Å². The number of carbonyl (C=O) groups is 3. The predicted molar refractivity (Wildman–Crippen MR) is 99.6 cm³/mol. The Bertz CT molecular complexity index is 660. The van der Waals surface area contributed by atoms with Crippen molar-refractivity contribution >= 4 is 17.9 Å². The first-order valence-corrected chi connectivity index (χ1v) is 9.56. The fourth-order valence-electron chi connectivity index (χ4n) is 3.91. The summed E-state index contributed by atoms with van der Waals surface area (Å²) in [5, 5.41) is 0. The molecule has 1 saturated heterocycles. The molecule has 2 rings (SSSR count). The van der Waals surface area contributed by atoms with Crippen molar-refractivity contribution in [2.45, 2.75) is 66.1 Å². The van der Waals surface area contributed by atoms with Crippen LogP contribution in [0.25, 0.3) is 0 Å². The molecular weight excluding hydrogens is 348 g/mol. The summed E-state index contributed by atoms with van der Waals surface area (Å²) in [6.45, 7) is 13.3. The lowest BCUT2D eigenvalue weighted by Crippen LogP contribution is -2.41. The lowest BCUT2D eigenvalue weighted by molar-refractivity contribution is -0.155. The van der Waals surface area contributed by atoms with Gasteiger partial charge in [-0.15, -0.1) is 0 Å². The largest absolute Gasteiger partial charge is 0.466 e. The van der Waals surface area contributed by atoms with Gasteiger partial charge in [-0.25, -0.2) is 4.79 Å². The summed E-state index contributed by atoms with van der Waals surface area (Å²) in [5.41, 5.74) is 2.49. The Morgan fingerprint density at radius 1 is 1.30 bits per heavy atom. The van der Waals surface area contributed by atoms with E-state index >= 15 is 0 Å². The van der Waals surface area contributed by atoms with E-state index in [2.05, 4.69) is 13.5 Å². The maximum atomic E-state index is 12.3. The van der Waals surface area contributed by atoms with Crippen LogP contribution in [0.2, 0.25) is 0 Å². The van der Waals surface area contributed by atoms with Crippen molar-refractivity contribution in [3.8, 4) is 0 Å². The normalized spacial score (nSPS) is 25.9. The molecule has 1 heterocycles. The molecule has 0 bridgehead atoms. The first-order valence-electron chi connectivity index (χ1n) is 9.56. The minimum absolute atomic E-state index is 0.120. The monoisotopic (exact) mass is 378 g/mol. The zero-order chi connectivity index (χ0) is 20.3. The van der Waals surface area contributed by atoms with Gasteiger partial charge in [-0.1, -0.05) is 32.9 Å². The number of fused-ring (bicyclic) bond motifs is 1. The van der Waals surface area contributed by atoms with Gasteiger partial charge in [-0.2, -0.15) is 0 Å². The fraction of sp³-hybridized carbons (Fsp3) is 0.667. The highest BCUT2D eigenvalue weighted by molar-refractivity contribution is 5.91. The molecule has 27 heavy (non-hydrogen) atoms. The van der Waals surface area contributed by atoms with Gasteiger partial charge in [0.05, 0.1) is 18.4 Å². The summed E-state index contributed by atoms with van der Waals surface area (Å²) in [4.78, 5) is 35.3. The van der Waals surface area contributed by atoms with Crippen LogP contribution in [0.3, 0.4) is 0 Å². The Kier molecular flexibility index (Phi) is 6.84. The molecule has 0 aromatic carbocycles. The standard InChI is InChI=1S/C21H30O6/c1-11(2)20(23)27-19-17(12(3)8-7-9-25-15(6)22)13(4)10-16-18(19)14(5)21(24)26-16/h11-12,16,18-19H,5,7-10H2,1-4,6H3. The molecule has 0 aromatic heterocycles. The molecule has 0 saturated carbocycles. The van der Waals surface area contributed by atoms with Crippen molar-refractivity contribution in [1.29, 1.82) is 0 Å². The number of carbonyl (C=O) groups excluding carboxylic acids is 3.